The fourth-order valence-electron chi connectivity index (χ4n) is 3.37. The molecule has 0 bridgehead atoms. The molecule has 1 unspecified atom stereocenters. The van der Waals surface area contributed by atoms with Crippen molar-refractivity contribution in [2.24, 2.45) is 5.41 Å². The van der Waals surface area contributed by atoms with Crippen LogP contribution in [0.1, 0.15) is 25.7 Å². The van der Waals surface area contributed by atoms with Crippen LogP contribution in [0.25, 0.3) is 11.0 Å². The summed E-state index contributed by atoms with van der Waals surface area (Å²) in [4.78, 5) is 33.9. The molecule has 3 heterocycles. The number of aliphatic hydroxyl groups is 1. The predicted molar refractivity (Wildman–Crippen MR) is 94.7 cm³/mol. The van der Waals surface area contributed by atoms with E-state index in [2.05, 4.69) is 25.9 Å². The third kappa shape index (κ3) is 3.93. The first-order valence-electron chi connectivity index (χ1n) is 8.65. The molecule has 0 radical (unpaired) electrons. The number of fused-ring (bicyclic) bond motifs is 1. The molecule has 9 heteroatoms. The second-order valence-electron chi connectivity index (χ2n) is 6.82. The number of aromatic amines is 1. The SMILES string of the molecule is O=CNC(CO)C(=O)O.c1nc(N2CCCC3(CC3)C2)c2cc[nH]c2n1. The van der Waals surface area contributed by atoms with Gasteiger partial charge in [0.25, 0.3) is 0 Å². The summed E-state index contributed by atoms with van der Waals surface area (Å²) in [6.07, 6.45) is 9.37. The number of carbonyl (C=O) groups is 2. The van der Waals surface area contributed by atoms with Gasteiger partial charge >= 0.3 is 5.97 Å². The van der Waals surface area contributed by atoms with Gasteiger partial charge in [0.05, 0.1) is 12.0 Å². The van der Waals surface area contributed by atoms with Crippen molar-refractivity contribution in [2.45, 2.75) is 31.7 Å². The van der Waals surface area contributed by atoms with E-state index in [1.54, 1.807) is 6.33 Å². The molecule has 0 aromatic carbocycles. The summed E-state index contributed by atoms with van der Waals surface area (Å²) in [6, 6.07) is 0.904. The smallest absolute Gasteiger partial charge is 0.328 e. The Hall–Kier alpha value is -2.68. The van der Waals surface area contributed by atoms with Gasteiger partial charge in [0.1, 0.15) is 23.8 Å². The molecule has 2 aromatic rings. The van der Waals surface area contributed by atoms with Crippen LogP contribution in [0.4, 0.5) is 5.82 Å². The Kier molecular flexibility index (Phi) is 5.36. The second-order valence-corrected chi connectivity index (χ2v) is 6.82. The number of anilines is 1. The number of nitrogens with zero attached hydrogens (tertiary/aromatic N) is 3. The maximum atomic E-state index is 9.94. The van der Waals surface area contributed by atoms with Crippen molar-refractivity contribution >= 4 is 29.2 Å². The normalized spacial score (nSPS) is 18.7. The fourth-order valence-corrected chi connectivity index (χ4v) is 3.37. The van der Waals surface area contributed by atoms with E-state index in [0.29, 0.717) is 5.41 Å². The highest BCUT2D eigenvalue weighted by atomic mass is 16.4. The van der Waals surface area contributed by atoms with Gasteiger partial charge in [-0.25, -0.2) is 14.8 Å². The van der Waals surface area contributed by atoms with Crippen LogP contribution in [0.15, 0.2) is 18.6 Å². The Balaban J connectivity index is 0.000000188. The molecule has 1 amide bonds. The van der Waals surface area contributed by atoms with Gasteiger partial charge in [-0.3, -0.25) is 4.79 Å². The summed E-state index contributed by atoms with van der Waals surface area (Å²) in [5.74, 6) is -0.133. The number of H-pyrrole nitrogens is 1. The molecule has 4 N–H and O–H groups in total. The Morgan fingerprint density at radius 3 is 2.85 bits per heavy atom. The van der Waals surface area contributed by atoms with E-state index < -0.39 is 18.6 Å². The Morgan fingerprint density at radius 1 is 1.42 bits per heavy atom. The second kappa shape index (κ2) is 7.69. The first-order chi connectivity index (χ1) is 12.6. The van der Waals surface area contributed by atoms with Crippen molar-refractivity contribution in [3.8, 4) is 0 Å². The van der Waals surface area contributed by atoms with E-state index in [-0.39, 0.29) is 6.41 Å². The highest BCUT2D eigenvalue weighted by Crippen LogP contribution is 2.52. The topological polar surface area (TPSA) is 131 Å². The molecule has 4 rings (SSSR count). The van der Waals surface area contributed by atoms with Gasteiger partial charge < -0.3 is 25.4 Å². The van der Waals surface area contributed by atoms with Crippen LogP contribution in [0, 0.1) is 5.41 Å². The quantitative estimate of drug-likeness (QED) is 0.571. The minimum absolute atomic E-state index is 0.231. The zero-order valence-electron chi connectivity index (χ0n) is 14.4. The van der Waals surface area contributed by atoms with Gasteiger partial charge in [-0.1, -0.05) is 0 Å². The standard InChI is InChI=1S/C13H16N4.C4H7NO4/c1-3-13(4-5-13)8-17(7-1)12-10-2-6-14-11(10)15-9-16-12;6-1-3(4(8)9)5-2-7/h2,6,9H,1,3-5,7-8H2,(H,14,15,16);2-3,6H,1H2,(H,5,7)(H,8,9). The van der Waals surface area contributed by atoms with Crippen LogP contribution in [0.2, 0.25) is 0 Å². The molecule has 1 aliphatic carbocycles. The Morgan fingerprint density at radius 2 is 2.23 bits per heavy atom. The third-order valence-corrected chi connectivity index (χ3v) is 5.00. The molecule has 1 spiro atoms. The van der Waals surface area contributed by atoms with Gasteiger partial charge in [-0.05, 0) is 37.2 Å². The van der Waals surface area contributed by atoms with Gasteiger partial charge in [-0.15, -0.1) is 0 Å². The van der Waals surface area contributed by atoms with Crippen molar-refractivity contribution in [2.75, 3.05) is 24.6 Å². The van der Waals surface area contributed by atoms with E-state index in [9.17, 15) is 9.59 Å². The van der Waals surface area contributed by atoms with E-state index in [1.807, 2.05) is 11.5 Å². The Labute approximate surface area is 150 Å². The van der Waals surface area contributed by atoms with Crippen LogP contribution in [-0.2, 0) is 9.59 Å². The molecule has 1 saturated heterocycles. The van der Waals surface area contributed by atoms with Crippen molar-refractivity contribution < 1.29 is 19.8 Å². The number of nitrogens with one attached hydrogen (secondary N) is 2. The summed E-state index contributed by atoms with van der Waals surface area (Å²) in [7, 11) is 0. The van der Waals surface area contributed by atoms with E-state index >= 15 is 0 Å². The van der Waals surface area contributed by atoms with Crippen LogP contribution < -0.4 is 10.2 Å². The number of hydrogen-bond acceptors (Lipinski definition) is 6. The highest BCUT2D eigenvalue weighted by molar-refractivity contribution is 5.87. The summed E-state index contributed by atoms with van der Waals surface area (Å²) >= 11 is 0. The summed E-state index contributed by atoms with van der Waals surface area (Å²) in [5, 5.41) is 19.4. The molecule has 2 fully saturated rings. The van der Waals surface area contributed by atoms with E-state index in [1.165, 1.54) is 32.2 Å². The first kappa shape index (κ1) is 18.1. The number of rotatable bonds is 5. The maximum Gasteiger partial charge on any atom is 0.328 e. The molecule has 2 aliphatic rings. The molecular formula is C17H23N5O4. The van der Waals surface area contributed by atoms with Crippen molar-refractivity contribution in [1.29, 1.82) is 0 Å². The monoisotopic (exact) mass is 361 g/mol. The molecule has 140 valence electrons. The lowest BCUT2D eigenvalue weighted by Gasteiger charge is -2.34. The summed E-state index contributed by atoms with van der Waals surface area (Å²) < 4.78 is 0. The average Bonchev–Trinajstić information content (AvgIpc) is 3.20. The maximum absolute atomic E-state index is 9.94. The highest BCUT2D eigenvalue weighted by Gasteiger charge is 2.45. The minimum atomic E-state index is -1.25. The van der Waals surface area contributed by atoms with Crippen LogP contribution >= 0.6 is 0 Å². The number of aliphatic hydroxyl groups excluding tert-OH is 1. The summed E-state index contributed by atoms with van der Waals surface area (Å²) in [5.41, 5.74) is 1.58. The van der Waals surface area contributed by atoms with Crippen molar-refractivity contribution in [3.05, 3.63) is 18.6 Å². The van der Waals surface area contributed by atoms with Crippen LogP contribution in [0.5, 0.6) is 0 Å². The van der Waals surface area contributed by atoms with E-state index in [4.69, 9.17) is 10.2 Å². The molecule has 26 heavy (non-hydrogen) atoms. The zero-order chi connectivity index (χ0) is 18.6. The van der Waals surface area contributed by atoms with Crippen LogP contribution in [-0.4, -0.2) is 63.3 Å². The Bertz CT molecular complexity index is 773. The molecular weight excluding hydrogens is 338 g/mol. The number of aliphatic carboxylic acids is 1. The van der Waals surface area contributed by atoms with Gasteiger partial charge in [-0.2, -0.15) is 0 Å². The van der Waals surface area contributed by atoms with Crippen molar-refractivity contribution in [3.63, 3.8) is 0 Å². The molecule has 2 aromatic heterocycles. The largest absolute Gasteiger partial charge is 0.480 e. The number of carbonyl (C=O) groups excluding carboxylic acids is 1. The first-order valence-corrected chi connectivity index (χ1v) is 8.65. The molecule has 1 atom stereocenters. The van der Waals surface area contributed by atoms with Gasteiger partial charge in [0.2, 0.25) is 6.41 Å². The number of amides is 1. The molecule has 1 aliphatic heterocycles. The van der Waals surface area contributed by atoms with Gasteiger partial charge in [0.15, 0.2) is 0 Å². The average molecular weight is 361 g/mol. The third-order valence-electron chi connectivity index (χ3n) is 5.00. The molecule has 1 saturated carbocycles. The zero-order valence-corrected chi connectivity index (χ0v) is 14.4. The lowest BCUT2D eigenvalue weighted by atomic mass is 9.95. The lowest BCUT2D eigenvalue weighted by molar-refractivity contribution is -0.141. The van der Waals surface area contributed by atoms with E-state index in [0.717, 1.165) is 23.4 Å². The lowest BCUT2D eigenvalue weighted by Crippen LogP contribution is -2.38. The number of aromatic nitrogens is 3. The van der Waals surface area contributed by atoms with Crippen molar-refractivity contribution in [1.82, 2.24) is 20.3 Å². The number of carboxylic acids is 1. The van der Waals surface area contributed by atoms with Gasteiger partial charge in [0, 0.05) is 19.3 Å². The van der Waals surface area contributed by atoms with Crippen LogP contribution in [0.3, 0.4) is 0 Å². The summed E-state index contributed by atoms with van der Waals surface area (Å²) in [6.45, 7) is 1.73. The predicted octanol–water partition coefficient (Wildman–Crippen LogP) is 0.516. The fraction of sp³-hybridized carbons (Fsp3) is 0.529. The number of carboxylic acid groups (broad SMARTS) is 1. The minimum Gasteiger partial charge on any atom is -0.480 e. The number of piperidine rings is 1. The molecule has 9 nitrogen and oxygen atoms in total. The number of hydrogen-bond donors (Lipinski definition) is 4.